The van der Waals surface area contributed by atoms with E-state index in [9.17, 15) is 19.8 Å². The van der Waals surface area contributed by atoms with Crippen LogP contribution in [0, 0.1) is 11.8 Å². The molecule has 25 heavy (non-hydrogen) atoms. The van der Waals surface area contributed by atoms with Crippen molar-refractivity contribution in [1.29, 1.82) is 0 Å². The highest BCUT2D eigenvalue weighted by atomic mass is 16.4. The zero-order chi connectivity index (χ0) is 18.7. The Morgan fingerprint density at radius 1 is 1.28 bits per heavy atom. The second kappa shape index (κ2) is 12.0. The molecule has 1 saturated carbocycles. The summed E-state index contributed by atoms with van der Waals surface area (Å²) in [5, 5.41) is 28.7. The molecule has 0 radical (unpaired) electrons. The van der Waals surface area contributed by atoms with Gasteiger partial charge in [-0.05, 0) is 25.7 Å². The largest absolute Gasteiger partial charge is 0.481 e. The number of aliphatic hydroxyl groups is 2. The average molecular weight is 352 g/mol. The van der Waals surface area contributed by atoms with Gasteiger partial charge in [-0.15, -0.1) is 0 Å². The van der Waals surface area contributed by atoms with Gasteiger partial charge in [0, 0.05) is 24.7 Å². The number of unbranched alkanes of at least 4 members (excludes halogenated alkanes) is 3. The highest BCUT2D eigenvalue weighted by Crippen LogP contribution is 2.33. The van der Waals surface area contributed by atoms with Gasteiger partial charge in [0.15, 0.2) is 0 Å². The number of carboxylic acid groups (broad SMARTS) is 1. The van der Waals surface area contributed by atoms with Gasteiger partial charge in [-0.1, -0.05) is 50.5 Å². The van der Waals surface area contributed by atoms with E-state index in [0.717, 1.165) is 19.3 Å². The molecule has 1 fully saturated rings. The summed E-state index contributed by atoms with van der Waals surface area (Å²) >= 11 is 0. The summed E-state index contributed by atoms with van der Waals surface area (Å²) in [5.41, 5.74) is 0. The third kappa shape index (κ3) is 8.45. The van der Waals surface area contributed by atoms with Crippen LogP contribution in [0.25, 0.3) is 0 Å². The highest BCUT2D eigenvalue weighted by molar-refractivity contribution is 5.84. The molecular formula is C20H32O5. The van der Waals surface area contributed by atoms with Gasteiger partial charge in [-0.2, -0.15) is 0 Å². The molecule has 0 bridgehead atoms. The molecule has 0 aromatic rings. The molecule has 0 heterocycles. The fourth-order valence-electron chi connectivity index (χ4n) is 3.22. The van der Waals surface area contributed by atoms with Crippen LogP contribution in [0.3, 0.4) is 0 Å². The number of allylic oxidation sites excluding steroid dienone is 2. The Kier molecular flexibility index (Phi) is 10.3. The molecule has 0 spiro atoms. The van der Waals surface area contributed by atoms with Gasteiger partial charge in [-0.3, -0.25) is 9.59 Å². The minimum absolute atomic E-state index is 0.0535. The highest BCUT2D eigenvalue weighted by Gasteiger charge is 2.39. The van der Waals surface area contributed by atoms with Crippen LogP contribution in [0.4, 0.5) is 0 Å². The summed E-state index contributed by atoms with van der Waals surface area (Å²) in [6, 6.07) is 0. The smallest absolute Gasteiger partial charge is 0.303 e. The molecule has 142 valence electrons. The van der Waals surface area contributed by atoms with Gasteiger partial charge in [-0.25, -0.2) is 0 Å². The Labute approximate surface area is 150 Å². The number of carbonyl (C=O) groups excluding carboxylic acids is 1. The molecular weight excluding hydrogens is 320 g/mol. The quantitative estimate of drug-likeness (QED) is 0.370. The maximum atomic E-state index is 12.1. The number of hydrogen-bond acceptors (Lipinski definition) is 4. The lowest BCUT2D eigenvalue weighted by atomic mass is 9.90. The molecule has 0 saturated heterocycles. The molecule has 4 atom stereocenters. The van der Waals surface area contributed by atoms with Gasteiger partial charge in [0.1, 0.15) is 5.78 Å². The molecule has 0 aromatic heterocycles. The maximum Gasteiger partial charge on any atom is 0.303 e. The van der Waals surface area contributed by atoms with E-state index in [0.29, 0.717) is 25.7 Å². The lowest BCUT2D eigenvalue weighted by molar-refractivity contribution is -0.137. The van der Waals surface area contributed by atoms with E-state index in [1.54, 1.807) is 12.2 Å². The van der Waals surface area contributed by atoms with Crippen LogP contribution in [0.2, 0.25) is 0 Å². The average Bonchev–Trinajstić information content (AvgIpc) is 2.82. The molecule has 0 aromatic carbocycles. The minimum Gasteiger partial charge on any atom is -0.481 e. The SMILES string of the molecule is CCCCC[C@@H](O)/C=C/[C@@H]1[C@H](C/C=C\CCCC(=O)O)C(=O)C[C@@H]1O. The first-order chi connectivity index (χ1) is 12.0. The Balaban J connectivity index is 2.48. The fourth-order valence-corrected chi connectivity index (χ4v) is 3.22. The van der Waals surface area contributed by atoms with Gasteiger partial charge in [0.05, 0.1) is 12.2 Å². The third-order valence-corrected chi connectivity index (χ3v) is 4.71. The van der Waals surface area contributed by atoms with Crippen molar-refractivity contribution in [3.63, 3.8) is 0 Å². The van der Waals surface area contributed by atoms with Crippen LogP contribution < -0.4 is 0 Å². The zero-order valence-electron chi connectivity index (χ0n) is 15.1. The van der Waals surface area contributed by atoms with Crippen LogP contribution in [0.1, 0.15) is 64.7 Å². The number of ketones is 1. The van der Waals surface area contributed by atoms with Crippen LogP contribution in [-0.4, -0.2) is 39.3 Å². The first kappa shape index (κ1) is 21.6. The van der Waals surface area contributed by atoms with E-state index in [1.165, 1.54) is 0 Å². The van der Waals surface area contributed by atoms with Crippen molar-refractivity contribution in [2.45, 2.75) is 76.9 Å². The number of aliphatic carboxylic acids is 1. The monoisotopic (exact) mass is 352 g/mol. The minimum atomic E-state index is -0.801. The number of rotatable bonds is 12. The van der Waals surface area contributed by atoms with Crippen molar-refractivity contribution in [1.82, 2.24) is 0 Å². The summed E-state index contributed by atoms with van der Waals surface area (Å²) in [7, 11) is 0. The number of aliphatic hydroxyl groups excluding tert-OH is 2. The molecule has 5 nitrogen and oxygen atoms in total. The van der Waals surface area contributed by atoms with E-state index in [4.69, 9.17) is 5.11 Å². The van der Waals surface area contributed by atoms with Crippen molar-refractivity contribution in [2.75, 3.05) is 0 Å². The second-order valence-corrected chi connectivity index (χ2v) is 6.86. The summed E-state index contributed by atoms with van der Waals surface area (Å²) in [6.07, 6.45) is 12.1. The molecule has 5 heteroatoms. The summed E-state index contributed by atoms with van der Waals surface area (Å²) in [5.74, 6) is -1.26. The van der Waals surface area contributed by atoms with Crippen molar-refractivity contribution in [3.05, 3.63) is 24.3 Å². The van der Waals surface area contributed by atoms with Crippen LogP contribution in [0.15, 0.2) is 24.3 Å². The van der Waals surface area contributed by atoms with Crippen molar-refractivity contribution >= 4 is 11.8 Å². The standard InChI is InChI=1S/C20H32O5/c1-2-3-6-9-15(21)12-13-17-16(18(22)14-19(17)23)10-7-4-5-8-11-20(24)25/h4,7,12-13,15-17,19,21,23H,2-3,5-6,8-11,14H2,1H3,(H,24,25)/b7-4-,13-12+/t15-,16+,17-,19+/m1/s1. The van der Waals surface area contributed by atoms with E-state index in [1.807, 2.05) is 12.2 Å². The molecule has 3 N–H and O–H groups in total. The summed E-state index contributed by atoms with van der Waals surface area (Å²) in [6.45, 7) is 2.11. The number of carbonyl (C=O) groups is 2. The van der Waals surface area contributed by atoms with Gasteiger partial charge >= 0.3 is 5.97 Å². The molecule has 0 unspecified atom stereocenters. The van der Waals surface area contributed by atoms with Crippen LogP contribution >= 0.6 is 0 Å². The van der Waals surface area contributed by atoms with Crippen molar-refractivity contribution in [3.8, 4) is 0 Å². The van der Waals surface area contributed by atoms with Crippen LogP contribution in [0.5, 0.6) is 0 Å². The Morgan fingerprint density at radius 3 is 2.72 bits per heavy atom. The normalized spacial score (nSPS) is 25.2. The fraction of sp³-hybridized carbons (Fsp3) is 0.700. The zero-order valence-corrected chi connectivity index (χ0v) is 15.1. The van der Waals surface area contributed by atoms with E-state index < -0.39 is 18.2 Å². The van der Waals surface area contributed by atoms with Crippen molar-refractivity contribution < 1.29 is 24.9 Å². The molecule has 1 aliphatic rings. The Morgan fingerprint density at radius 2 is 2.04 bits per heavy atom. The Bertz CT molecular complexity index is 469. The molecule has 1 rings (SSSR count). The van der Waals surface area contributed by atoms with Gasteiger partial charge in [0.2, 0.25) is 0 Å². The van der Waals surface area contributed by atoms with Gasteiger partial charge in [0.25, 0.3) is 0 Å². The predicted molar refractivity (Wildman–Crippen MR) is 97.1 cm³/mol. The molecule has 1 aliphatic carbocycles. The van der Waals surface area contributed by atoms with Gasteiger partial charge < -0.3 is 15.3 Å². The topological polar surface area (TPSA) is 94.8 Å². The number of hydrogen-bond donors (Lipinski definition) is 3. The van der Waals surface area contributed by atoms with E-state index in [2.05, 4.69) is 6.92 Å². The molecule has 0 amide bonds. The second-order valence-electron chi connectivity index (χ2n) is 6.86. The maximum absolute atomic E-state index is 12.1. The summed E-state index contributed by atoms with van der Waals surface area (Å²) < 4.78 is 0. The third-order valence-electron chi connectivity index (χ3n) is 4.71. The van der Waals surface area contributed by atoms with Crippen molar-refractivity contribution in [2.24, 2.45) is 11.8 Å². The first-order valence-corrected chi connectivity index (χ1v) is 9.39. The Hall–Kier alpha value is -1.46. The lowest BCUT2D eigenvalue weighted by Crippen LogP contribution is -2.18. The number of carboxylic acids is 1. The first-order valence-electron chi connectivity index (χ1n) is 9.39. The number of Topliss-reactive ketones (excluding diaryl/α,β-unsaturated/α-hetero) is 1. The van der Waals surface area contributed by atoms with Crippen LogP contribution in [-0.2, 0) is 9.59 Å². The van der Waals surface area contributed by atoms with E-state index >= 15 is 0 Å². The lowest BCUT2D eigenvalue weighted by Gasteiger charge is -2.16. The van der Waals surface area contributed by atoms with E-state index in [-0.39, 0.29) is 30.5 Å². The molecule has 0 aliphatic heterocycles. The summed E-state index contributed by atoms with van der Waals surface area (Å²) in [4.78, 5) is 22.5. The predicted octanol–water partition coefficient (Wildman–Crippen LogP) is 3.25.